The van der Waals surface area contributed by atoms with Crippen LogP contribution in [-0.4, -0.2) is 18.2 Å². The number of nitrogens with zero attached hydrogens (tertiary/aromatic N) is 1. The number of rotatable bonds is 3. The second-order valence-corrected chi connectivity index (χ2v) is 5.08. The van der Waals surface area contributed by atoms with Crippen LogP contribution in [0.2, 0.25) is 0 Å². The van der Waals surface area contributed by atoms with Gasteiger partial charge in [0.2, 0.25) is 5.91 Å². The molecular weight excluding hydrogens is 226 g/mol. The van der Waals surface area contributed by atoms with Crippen molar-refractivity contribution >= 4 is 17.4 Å². The SMILES string of the molecule is CC(C)C(=O)CN1C(=O)CCCc2ccccc21. The van der Waals surface area contributed by atoms with Crippen molar-refractivity contribution in [3.05, 3.63) is 29.8 Å². The molecule has 0 aliphatic carbocycles. The molecule has 0 spiro atoms. The van der Waals surface area contributed by atoms with Crippen LogP contribution in [0.25, 0.3) is 0 Å². The van der Waals surface area contributed by atoms with Crippen LogP contribution in [0.3, 0.4) is 0 Å². The monoisotopic (exact) mass is 245 g/mol. The maximum Gasteiger partial charge on any atom is 0.227 e. The summed E-state index contributed by atoms with van der Waals surface area (Å²) in [6.07, 6.45) is 2.30. The van der Waals surface area contributed by atoms with Gasteiger partial charge >= 0.3 is 0 Å². The van der Waals surface area contributed by atoms with Gasteiger partial charge in [-0.1, -0.05) is 32.0 Å². The first kappa shape index (κ1) is 12.8. The summed E-state index contributed by atoms with van der Waals surface area (Å²) in [4.78, 5) is 25.7. The average Bonchev–Trinajstić information content (AvgIpc) is 2.50. The molecule has 1 amide bonds. The largest absolute Gasteiger partial charge is 0.305 e. The van der Waals surface area contributed by atoms with Gasteiger partial charge in [0.25, 0.3) is 0 Å². The van der Waals surface area contributed by atoms with Gasteiger partial charge in [0, 0.05) is 18.0 Å². The summed E-state index contributed by atoms with van der Waals surface area (Å²) >= 11 is 0. The minimum absolute atomic E-state index is 0.0341. The van der Waals surface area contributed by atoms with E-state index in [0.29, 0.717) is 6.42 Å². The van der Waals surface area contributed by atoms with Gasteiger partial charge in [0.05, 0.1) is 6.54 Å². The number of fused-ring (bicyclic) bond motifs is 1. The Hall–Kier alpha value is -1.64. The highest BCUT2D eigenvalue weighted by Crippen LogP contribution is 2.26. The average molecular weight is 245 g/mol. The Balaban J connectivity index is 2.31. The lowest BCUT2D eigenvalue weighted by atomic mass is 10.1. The molecular formula is C15H19NO2. The fourth-order valence-corrected chi connectivity index (χ4v) is 2.20. The lowest BCUT2D eigenvalue weighted by Crippen LogP contribution is -2.36. The van der Waals surface area contributed by atoms with Crippen molar-refractivity contribution in [2.24, 2.45) is 5.92 Å². The topological polar surface area (TPSA) is 37.4 Å². The molecule has 0 atom stereocenters. The molecule has 1 aliphatic heterocycles. The summed E-state index contributed by atoms with van der Waals surface area (Å²) in [7, 11) is 0. The van der Waals surface area contributed by atoms with E-state index in [1.54, 1.807) is 4.90 Å². The van der Waals surface area contributed by atoms with Gasteiger partial charge in [-0.3, -0.25) is 9.59 Å². The fraction of sp³-hybridized carbons (Fsp3) is 0.467. The van der Waals surface area contributed by atoms with Crippen molar-refractivity contribution in [3.63, 3.8) is 0 Å². The number of Topliss-reactive ketones (excluding diaryl/α,β-unsaturated/α-hetero) is 1. The highest BCUT2D eigenvalue weighted by atomic mass is 16.2. The first-order valence-corrected chi connectivity index (χ1v) is 6.50. The molecule has 18 heavy (non-hydrogen) atoms. The van der Waals surface area contributed by atoms with E-state index < -0.39 is 0 Å². The Kier molecular flexibility index (Phi) is 3.80. The molecule has 0 N–H and O–H groups in total. The Morgan fingerprint density at radius 2 is 2.00 bits per heavy atom. The van der Waals surface area contributed by atoms with E-state index in [9.17, 15) is 9.59 Å². The third kappa shape index (κ3) is 2.61. The number of para-hydroxylation sites is 1. The van der Waals surface area contributed by atoms with E-state index in [1.807, 2.05) is 38.1 Å². The maximum absolute atomic E-state index is 12.1. The van der Waals surface area contributed by atoms with Crippen molar-refractivity contribution in [2.75, 3.05) is 11.4 Å². The van der Waals surface area contributed by atoms with Gasteiger partial charge in [-0.15, -0.1) is 0 Å². The van der Waals surface area contributed by atoms with Crippen molar-refractivity contribution in [3.8, 4) is 0 Å². The second kappa shape index (κ2) is 5.34. The van der Waals surface area contributed by atoms with Crippen molar-refractivity contribution in [2.45, 2.75) is 33.1 Å². The van der Waals surface area contributed by atoms with Gasteiger partial charge in [0.1, 0.15) is 0 Å². The standard InChI is InChI=1S/C15H19NO2/c1-11(2)14(17)10-16-13-8-4-3-6-12(13)7-5-9-15(16)18/h3-4,6,8,11H,5,7,9-10H2,1-2H3. The number of carbonyl (C=O) groups excluding carboxylic acids is 2. The highest BCUT2D eigenvalue weighted by molar-refractivity contribution is 6.00. The molecule has 0 saturated heterocycles. The molecule has 0 saturated carbocycles. The number of benzene rings is 1. The van der Waals surface area contributed by atoms with E-state index in [4.69, 9.17) is 0 Å². The third-order valence-corrected chi connectivity index (χ3v) is 3.38. The first-order valence-electron chi connectivity index (χ1n) is 6.50. The quantitative estimate of drug-likeness (QED) is 0.820. The maximum atomic E-state index is 12.1. The summed E-state index contributed by atoms with van der Waals surface area (Å²) in [6, 6.07) is 7.88. The number of hydrogen-bond acceptors (Lipinski definition) is 2. The zero-order valence-corrected chi connectivity index (χ0v) is 11.0. The van der Waals surface area contributed by atoms with E-state index in [0.717, 1.165) is 18.5 Å². The molecule has 0 aromatic heterocycles. The van der Waals surface area contributed by atoms with E-state index in [1.165, 1.54) is 5.56 Å². The molecule has 2 rings (SSSR count). The predicted molar refractivity (Wildman–Crippen MR) is 71.6 cm³/mol. The van der Waals surface area contributed by atoms with Crippen LogP contribution in [0, 0.1) is 5.92 Å². The van der Waals surface area contributed by atoms with Gasteiger partial charge in [0.15, 0.2) is 5.78 Å². The minimum Gasteiger partial charge on any atom is -0.305 e. The summed E-state index contributed by atoms with van der Waals surface area (Å²) in [5, 5.41) is 0. The Morgan fingerprint density at radius 1 is 1.28 bits per heavy atom. The van der Waals surface area contributed by atoms with Crippen LogP contribution in [0.15, 0.2) is 24.3 Å². The molecule has 96 valence electrons. The van der Waals surface area contributed by atoms with Gasteiger partial charge in [-0.05, 0) is 24.5 Å². The Morgan fingerprint density at radius 3 is 2.72 bits per heavy atom. The van der Waals surface area contributed by atoms with Crippen molar-refractivity contribution < 1.29 is 9.59 Å². The number of anilines is 1. The molecule has 1 aromatic rings. The van der Waals surface area contributed by atoms with Gasteiger partial charge < -0.3 is 4.90 Å². The highest BCUT2D eigenvalue weighted by Gasteiger charge is 2.24. The number of aryl methyl sites for hydroxylation is 1. The molecule has 0 unspecified atom stereocenters. The summed E-state index contributed by atoms with van der Waals surface area (Å²) in [5.74, 6) is 0.141. The van der Waals surface area contributed by atoms with E-state index in [-0.39, 0.29) is 24.2 Å². The van der Waals surface area contributed by atoms with Crippen LogP contribution >= 0.6 is 0 Å². The molecule has 0 radical (unpaired) electrons. The predicted octanol–water partition coefficient (Wildman–Crippen LogP) is 2.58. The van der Waals surface area contributed by atoms with Crippen molar-refractivity contribution in [1.29, 1.82) is 0 Å². The molecule has 1 heterocycles. The van der Waals surface area contributed by atoms with Crippen LogP contribution in [0.4, 0.5) is 5.69 Å². The smallest absolute Gasteiger partial charge is 0.227 e. The van der Waals surface area contributed by atoms with Crippen molar-refractivity contribution in [1.82, 2.24) is 0 Å². The Bertz CT molecular complexity index is 465. The van der Waals surface area contributed by atoms with E-state index >= 15 is 0 Å². The van der Waals surface area contributed by atoms with Crippen LogP contribution in [0.5, 0.6) is 0 Å². The normalized spacial score (nSPS) is 15.5. The molecule has 3 heteroatoms. The first-order chi connectivity index (χ1) is 8.59. The molecule has 0 bridgehead atoms. The van der Waals surface area contributed by atoms with Gasteiger partial charge in [-0.25, -0.2) is 0 Å². The number of ketones is 1. The van der Waals surface area contributed by atoms with Crippen LogP contribution in [-0.2, 0) is 16.0 Å². The number of carbonyl (C=O) groups is 2. The second-order valence-electron chi connectivity index (χ2n) is 5.08. The van der Waals surface area contributed by atoms with Gasteiger partial charge in [-0.2, -0.15) is 0 Å². The summed E-state index contributed by atoms with van der Waals surface area (Å²) in [5.41, 5.74) is 2.08. The van der Waals surface area contributed by atoms with Crippen LogP contribution in [0.1, 0.15) is 32.3 Å². The lowest BCUT2D eigenvalue weighted by Gasteiger charge is -2.23. The summed E-state index contributed by atoms with van der Waals surface area (Å²) < 4.78 is 0. The minimum atomic E-state index is -0.0341. The van der Waals surface area contributed by atoms with E-state index in [2.05, 4.69) is 0 Å². The number of hydrogen-bond donors (Lipinski definition) is 0. The third-order valence-electron chi connectivity index (χ3n) is 3.38. The molecule has 1 aliphatic rings. The van der Waals surface area contributed by atoms with Crippen LogP contribution < -0.4 is 4.90 Å². The lowest BCUT2D eigenvalue weighted by molar-refractivity contribution is -0.124. The zero-order chi connectivity index (χ0) is 13.1. The number of amides is 1. The molecule has 1 aromatic carbocycles. The zero-order valence-electron chi connectivity index (χ0n) is 11.0. The Labute approximate surface area is 108 Å². The molecule has 3 nitrogen and oxygen atoms in total. The fourth-order valence-electron chi connectivity index (χ4n) is 2.20. The molecule has 0 fully saturated rings. The summed E-state index contributed by atoms with van der Waals surface area (Å²) in [6.45, 7) is 3.95.